The lowest BCUT2D eigenvalue weighted by molar-refractivity contribution is -0.0644. The topological polar surface area (TPSA) is 148 Å². The van der Waals surface area contributed by atoms with Gasteiger partial charge < -0.3 is 50.0 Å². The van der Waals surface area contributed by atoms with Crippen molar-refractivity contribution in [2.45, 2.75) is 150 Å². The second-order valence-corrected chi connectivity index (χ2v) is 19.7. The normalized spacial score (nSPS) is 19.5. The number of benzene rings is 2. The predicted octanol–water partition coefficient (Wildman–Crippen LogP) is 9.06. The van der Waals surface area contributed by atoms with Crippen LogP contribution < -0.4 is 16.4 Å². The highest BCUT2D eigenvalue weighted by Crippen LogP contribution is 2.31. The molecule has 59 heavy (non-hydrogen) atoms. The number of nitrogens with two attached hydrogens (primary N) is 1. The number of rotatable bonds is 5. The average molecular weight is 955 g/mol. The summed E-state index contributed by atoms with van der Waals surface area (Å²) < 4.78 is 24.1. The number of amides is 4. The maximum Gasteiger partial charge on any atom is 0.410 e. The molecule has 2 aromatic carbocycles. The standard InChI is InChI=1S/C22H32BrN3O4.C15H21BrN2O2.C6H13NO.CH4/c1-14(2)29-17-12-26(13-17)20(27)24-19-8-9-25(21(28)30-22(3,4)5)11-15-10-16(23)6-7-18(15)19;1-15(2,3)20-14(19)18-7-6-13(17)12-5-4-11(16)8-10(12)9-18;1-5(2)8-6-3-7-4-6;/h6-7,10,14,17,19H,8-9,11-13H2,1-5H3,(H,24,27);4-5,8,13H,6-7,9,17H2,1-3H3;5-7H,3-4H2,1-2H3;1H4. The van der Waals surface area contributed by atoms with Crippen molar-refractivity contribution in [2.24, 2.45) is 5.73 Å². The first-order chi connectivity index (χ1) is 27.1. The van der Waals surface area contributed by atoms with E-state index in [1.807, 2.05) is 91.8 Å². The molecular formula is C44H70Br2N6O7. The Kier molecular flexibility index (Phi) is 19.0. The van der Waals surface area contributed by atoms with Crippen LogP contribution in [0.2, 0.25) is 0 Å². The summed E-state index contributed by atoms with van der Waals surface area (Å²) in [6.45, 7) is 24.7. The molecule has 4 amide bonds. The van der Waals surface area contributed by atoms with E-state index in [0.717, 1.165) is 50.7 Å². The smallest absolute Gasteiger partial charge is 0.410 e. The summed E-state index contributed by atoms with van der Waals surface area (Å²) in [7, 11) is 0. The van der Waals surface area contributed by atoms with Crippen LogP contribution >= 0.6 is 31.9 Å². The minimum Gasteiger partial charge on any atom is -0.444 e. The summed E-state index contributed by atoms with van der Waals surface area (Å²) >= 11 is 6.98. The van der Waals surface area contributed by atoms with Crippen LogP contribution in [0.5, 0.6) is 0 Å². The van der Waals surface area contributed by atoms with Crippen LogP contribution in [0.3, 0.4) is 0 Å². The minimum absolute atomic E-state index is 0. The van der Waals surface area contributed by atoms with Crippen molar-refractivity contribution in [3.05, 3.63) is 67.6 Å². The van der Waals surface area contributed by atoms with Crippen molar-refractivity contribution in [1.29, 1.82) is 0 Å². The van der Waals surface area contributed by atoms with Gasteiger partial charge >= 0.3 is 18.2 Å². The van der Waals surface area contributed by atoms with Gasteiger partial charge in [0.25, 0.3) is 0 Å². The Hall–Kier alpha value is -2.95. The molecule has 0 radical (unpaired) electrons. The number of urea groups is 1. The molecule has 13 nitrogen and oxygen atoms in total. The Bertz CT molecular complexity index is 1690. The van der Waals surface area contributed by atoms with Crippen molar-refractivity contribution in [2.75, 3.05) is 39.3 Å². The van der Waals surface area contributed by atoms with Gasteiger partial charge in [-0.15, -0.1) is 0 Å². The SMILES string of the molecule is C.CC(C)(C)OC(=O)N1CCC(N)c2ccc(Br)cc2C1.CC(C)OC1CN(C(=O)NC2CCN(C(=O)OC(C)(C)C)Cc3cc(Br)ccc32)C1.CC(C)OC1CNC1. The van der Waals surface area contributed by atoms with Crippen LogP contribution in [0.15, 0.2) is 45.3 Å². The van der Waals surface area contributed by atoms with Gasteiger partial charge in [-0.05, 0) is 129 Å². The molecule has 0 spiro atoms. The Morgan fingerprint density at radius 3 is 1.63 bits per heavy atom. The molecule has 4 aliphatic rings. The number of hydrogen-bond acceptors (Lipinski definition) is 9. The van der Waals surface area contributed by atoms with Gasteiger partial charge in [0.05, 0.1) is 43.5 Å². The lowest BCUT2D eigenvalue weighted by atomic mass is 9.99. The molecule has 4 N–H and O–H groups in total. The summed E-state index contributed by atoms with van der Waals surface area (Å²) in [6.07, 6.45) is 1.90. The first-order valence-corrected chi connectivity index (χ1v) is 22.0. The van der Waals surface area contributed by atoms with Crippen LogP contribution in [0, 0.1) is 0 Å². The third-order valence-electron chi connectivity index (χ3n) is 9.51. The molecule has 6 rings (SSSR count). The largest absolute Gasteiger partial charge is 0.444 e. The molecule has 2 atom stereocenters. The van der Waals surface area contributed by atoms with Gasteiger partial charge in [0.1, 0.15) is 11.2 Å². The number of likely N-dealkylation sites (tertiary alicyclic amines) is 1. The van der Waals surface area contributed by atoms with Gasteiger partial charge in [0.15, 0.2) is 0 Å². The molecule has 4 aliphatic heterocycles. The van der Waals surface area contributed by atoms with Crippen LogP contribution in [-0.4, -0.2) is 108 Å². The quantitative estimate of drug-likeness (QED) is 0.267. The number of hydrogen-bond donors (Lipinski definition) is 3. The van der Waals surface area contributed by atoms with E-state index in [2.05, 4.69) is 56.3 Å². The van der Waals surface area contributed by atoms with Crippen molar-refractivity contribution in [3.8, 4) is 0 Å². The first-order valence-electron chi connectivity index (χ1n) is 20.4. The van der Waals surface area contributed by atoms with Gasteiger partial charge in [0.2, 0.25) is 0 Å². The fourth-order valence-corrected chi connectivity index (χ4v) is 7.57. The summed E-state index contributed by atoms with van der Waals surface area (Å²) in [5.74, 6) is 0. The predicted molar refractivity (Wildman–Crippen MR) is 240 cm³/mol. The summed E-state index contributed by atoms with van der Waals surface area (Å²) in [6, 6.07) is 11.7. The zero-order valence-corrected chi connectivity index (χ0v) is 39.2. The number of nitrogens with one attached hydrogen (secondary N) is 2. The molecule has 2 aromatic rings. The molecule has 2 fully saturated rings. The molecule has 0 saturated carbocycles. The Morgan fingerprint density at radius 1 is 0.729 bits per heavy atom. The highest BCUT2D eigenvalue weighted by molar-refractivity contribution is 9.10. The van der Waals surface area contributed by atoms with Crippen LogP contribution in [-0.2, 0) is 32.0 Å². The fraction of sp³-hybridized carbons (Fsp3) is 0.659. The molecule has 15 heteroatoms. The van der Waals surface area contributed by atoms with Crippen LogP contribution in [0.4, 0.5) is 14.4 Å². The van der Waals surface area contributed by atoms with E-state index in [-0.39, 0.29) is 49.9 Å². The average Bonchev–Trinajstić information content (AvgIpc) is 3.34. The van der Waals surface area contributed by atoms with Gasteiger partial charge in [-0.1, -0.05) is 51.4 Å². The van der Waals surface area contributed by atoms with Gasteiger partial charge in [-0.3, -0.25) is 0 Å². The van der Waals surface area contributed by atoms with E-state index in [1.165, 1.54) is 0 Å². The highest BCUT2D eigenvalue weighted by atomic mass is 79.9. The second-order valence-electron chi connectivity index (χ2n) is 17.9. The van der Waals surface area contributed by atoms with Gasteiger partial charge in [0, 0.05) is 54.3 Å². The lowest BCUT2D eigenvalue weighted by Crippen LogP contribution is -2.58. The number of ether oxygens (including phenoxy) is 4. The van der Waals surface area contributed by atoms with Crippen molar-refractivity contribution >= 4 is 50.1 Å². The van der Waals surface area contributed by atoms with E-state index >= 15 is 0 Å². The van der Waals surface area contributed by atoms with E-state index in [9.17, 15) is 14.4 Å². The molecule has 0 aromatic heterocycles. The van der Waals surface area contributed by atoms with Crippen molar-refractivity contribution in [1.82, 2.24) is 25.3 Å². The van der Waals surface area contributed by atoms with Gasteiger partial charge in [-0.2, -0.15) is 0 Å². The van der Waals surface area contributed by atoms with Crippen LogP contribution in [0.25, 0.3) is 0 Å². The monoisotopic (exact) mass is 952 g/mol. The Balaban J connectivity index is 0.000000274. The van der Waals surface area contributed by atoms with Gasteiger partial charge in [-0.25, -0.2) is 14.4 Å². The van der Waals surface area contributed by atoms with Crippen LogP contribution in [0.1, 0.15) is 124 Å². The summed E-state index contributed by atoms with van der Waals surface area (Å²) in [5.41, 5.74) is 9.39. The third kappa shape index (κ3) is 16.4. The molecule has 2 unspecified atom stereocenters. The maximum absolute atomic E-state index is 12.8. The number of nitrogens with zero attached hydrogens (tertiary/aromatic N) is 3. The van der Waals surface area contributed by atoms with E-state index < -0.39 is 11.2 Å². The Labute approximate surface area is 370 Å². The summed E-state index contributed by atoms with van der Waals surface area (Å²) in [4.78, 5) is 42.8. The molecular weight excluding hydrogens is 884 g/mol. The molecule has 4 heterocycles. The number of halogens is 2. The lowest BCUT2D eigenvalue weighted by Gasteiger charge is -2.40. The number of carbonyl (C=O) groups excluding carboxylic acids is 3. The van der Waals surface area contributed by atoms with Crippen molar-refractivity contribution in [3.63, 3.8) is 0 Å². The fourth-order valence-electron chi connectivity index (χ4n) is 6.76. The molecule has 0 aliphatic carbocycles. The highest BCUT2D eigenvalue weighted by Gasteiger charge is 2.35. The summed E-state index contributed by atoms with van der Waals surface area (Å²) in [5, 5.41) is 6.30. The van der Waals surface area contributed by atoms with E-state index in [4.69, 9.17) is 24.7 Å². The van der Waals surface area contributed by atoms with Crippen molar-refractivity contribution < 1.29 is 33.3 Å². The maximum atomic E-state index is 12.8. The molecule has 332 valence electrons. The number of carbonyl (C=O) groups is 3. The first kappa shape index (κ1) is 50.4. The van der Waals surface area contributed by atoms with E-state index in [0.29, 0.717) is 57.9 Å². The Morgan fingerprint density at radius 2 is 1.19 bits per heavy atom. The zero-order chi connectivity index (χ0) is 42.9. The van der Waals surface area contributed by atoms with E-state index in [1.54, 1.807) is 14.7 Å². The number of fused-ring (bicyclic) bond motifs is 2. The minimum atomic E-state index is -0.552. The molecule has 0 bridgehead atoms. The zero-order valence-electron chi connectivity index (χ0n) is 36.0. The third-order valence-corrected chi connectivity index (χ3v) is 10.5. The molecule has 2 saturated heterocycles. The second kappa shape index (κ2) is 22.2.